The topological polar surface area (TPSA) is 141 Å². The molecule has 0 aliphatic carbocycles. The molecule has 0 amide bonds. The van der Waals surface area contributed by atoms with Crippen LogP contribution in [0.15, 0.2) is 48.5 Å². The Bertz CT molecular complexity index is 1330. The number of carboxylic acids is 1. The number of benzene rings is 2. The molecule has 0 bridgehead atoms. The van der Waals surface area contributed by atoms with Gasteiger partial charge in [-0.3, -0.25) is 0 Å². The Balaban J connectivity index is 0.000000505. The number of anilines is 1. The summed E-state index contributed by atoms with van der Waals surface area (Å²) >= 11 is 0. The minimum absolute atomic E-state index is 0.0617. The fourth-order valence-corrected chi connectivity index (χ4v) is 4.10. The number of nitrogens with one attached hydrogen (secondary N) is 1. The molecule has 5 N–H and O–H groups in total. The number of carbonyl (C=O) groups is 1. The van der Waals surface area contributed by atoms with E-state index in [1.165, 1.54) is 0 Å². The lowest BCUT2D eigenvalue weighted by Gasteiger charge is -2.25. The molecule has 1 aliphatic rings. The van der Waals surface area contributed by atoms with E-state index in [1.807, 2.05) is 43.3 Å². The highest BCUT2D eigenvalue weighted by molar-refractivity contribution is 5.76. The summed E-state index contributed by atoms with van der Waals surface area (Å²) < 4.78 is 37.8. The summed E-state index contributed by atoms with van der Waals surface area (Å²) in [6, 6.07) is 17.3. The van der Waals surface area contributed by atoms with Crippen LogP contribution >= 0.6 is 0 Å². The maximum absolute atomic E-state index is 10.7. The molecule has 200 valence electrons. The van der Waals surface area contributed by atoms with Gasteiger partial charge in [0.05, 0.1) is 16.8 Å². The van der Waals surface area contributed by atoms with E-state index in [4.69, 9.17) is 20.4 Å². The lowest BCUT2D eigenvalue weighted by Crippen LogP contribution is -2.29. The Kier molecular flexibility index (Phi) is 9.15. The second-order valence-corrected chi connectivity index (χ2v) is 8.68. The van der Waals surface area contributed by atoms with Gasteiger partial charge in [-0.1, -0.05) is 30.3 Å². The van der Waals surface area contributed by atoms with Crippen LogP contribution in [0, 0.1) is 18.3 Å². The average Bonchev–Trinajstić information content (AvgIpc) is 2.88. The molecular formula is C27H27F3N4O4. The number of alkyl halides is 3. The third-order valence-electron chi connectivity index (χ3n) is 6.07. The maximum Gasteiger partial charge on any atom is 0.490 e. The third-order valence-corrected chi connectivity index (χ3v) is 6.07. The normalized spacial score (nSPS) is 15.1. The number of aromatic nitrogens is 1. The van der Waals surface area contributed by atoms with E-state index < -0.39 is 12.1 Å². The van der Waals surface area contributed by atoms with Crippen molar-refractivity contribution in [3.8, 4) is 28.8 Å². The number of aryl methyl sites for hydroxylation is 1. The first-order valence-corrected chi connectivity index (χ1v) is 11.7. The lowest BCUT2D eigenvalue weighted by atomic mass is 9.88. The predicted octanol–water partition coefficient (Wildman–Crippen LogP) is 4.90. The average molecular weight is 529 g/mol. The molecule has 1 unspecified atom stereocenters. The number of ether oxygens (including phenoxy) is 1. The molecule has 4 rings (SSSR count). The van der Waals surface area contributed by atoms with Crippen LogP contribution in [0.1, 0.15) is 41.0 Å². The highest BCUT2D eigenvalue weighted by Crippen LogP contribution is 2.40. The third kappa shape index (κ3) is 6.92. The van der Waals surface area contributed by atoms with Crippen molar-refractivity contribution in [3.63, 3.8) is 0 Å². The Morgan fingerprint density at radius 3 is 2.58 bits per heavy atom. The minimum atomic E-state index is -5.08. The summed E-state index contributed by atoms with van der Waals surface area (Å²) in [5.74, 6) is -1.82. The number of phenolic OH excluding ortho intramolecular Hbond substituents is 1. The lowest BCUT2D eigenvalue weighted by molar-refractivity contribution is -0.192. The van der Waals surface area contributed by atoms with Gasteiger partial charge < -0.3 is 26.0 Å². The number of hydrogen-bond acceptors (Lipinski definition) is 7. The Hall–Kier alpha value is -4.30. The van der Waals surface area contributed by atoms with Crippen molar-refractivity contribution in [2.75, 3.05) is 18.8 Å². The largest absolute Gasteiger partial charge is 0.507 e. The maximum atomic E-state index is 10.7. The molecule has 11 heteroatoms. The van der Waals surface area contributed by atoms with Crippen LogP contribution in [-0.2, 0) is 11.4 Å². The number of aromatic hydroxyl groups is 1. The monoisotopic (exact) mass is 528 g/mol. The Morgan fingerprint density at radius 2 is 1.97 bits per heavy atom. The zero-order valence-electron chi connectivity index (χ0n) is 20.5. The number of pyridine rings is 1. The van der Waals surface area contributed by atoms with Crippen molar-refractivity contribution in [3.05, 3.63) is 70.8 Å². The second kappa shape index (κ2) is 12.3. The summed E-state index contributed by atoms with van der Waals surface area (Å²) in [5.41, 5.74) is 10.7. The number of aliphatic carboxylic acids is 1. The van der Waals surface area contributed by atoms with Crippen molar-refractivity contribution < 1.29 is 32.9 Å². The predicted molar refractivity (Wildman–Crippen MR) is 135 cm³/mol. The zero-order chi connectivity index (χ0) is 27.9. The summed E-state index contributed by atoms with van der Waals surface area (Å²) in [6.07, 6.45) is -3.07. The summed E-state index contributed by atoms with van der Waals surface area (Å²) in [5, 5.41) is 30.9. The van der Waals surface area contributed by atoms with Gasteiger partial charge >= 0.3 is 12.1 Å². The smallest absolute Gasteiger partial charge is 0.490 e. The number of halogens is 3. The van der Waals surface area contributed by atoms with Gasteiger partial charge in [0.25, 0.3) is 0 Å². The molecule has 38 heavy (non-hydrogen) atoms. The van der Waals surface area contributed by atoms with Crippen LogP contribution < -0.4 is 15.8 Å². The van der Waals surface area contributed by atoms with Gasteiger partial charge in [-0.05, 0) is 67.1 Å². The molecule has 2 heterocycles. The number of nitrogens with two attached hydrogens (primary N) is 1. The summed E-state index contributed by atoms with van der Waals surface area (Å²) in [4.78, 5) is 13.4. The van der Waals surface area contributed by atoms with Crippen molar-refractivity contribution in [2.45, 2.75) is 38.5 Å². The van der Waals surface area contributed by atoms with E-state index in [0.29, 0.717) is 29.2 Å². The van der Waals surface area contributed by atoms with Gasteiger partial charge in [0.2, 0.25) is 0 Å². The van der Waals surface area contributed by atoms with E-state index in [2.05, 4.69) is 16.4 Å². The SMILES string of the molecule is Cc1ccccc1COc1cccc(O)c1-c1cc(C2CCCNC2)c(C#N)c(N)n1.O=C(O)C(F)(F)F. The van der Waals surface area contributed by atoms with Crippen LogP contribution in [0.2, 0.25) is 0 Å². The molecule has 1 aliphatic heterocycles. The van der Waals surface area contributed by atoms with E-state index in [0.717, 1.165) is 42.6 Å². The van der Waals surface area contributed by atoms with E-state index >= 15 is 0 Å². The molecule has 3 aromatic rings. The Labute approximate surface area is 217 Å². The van der Waals surface area contributed by atoms with Crippen molar-refractivity contribution >= 4 is 11.8 Å². The second-order valence-electron chi connectivity index (χ2n) is 8.68. The van der Waals surface area contributed by atoms with Crippen LogP contribution in [0.5, 0.6) is 11.5 Å². The molecular weight excluding hydrogens is 501 g/mol. The van der Waals surface area contributed by atoms with Crippen LogP contribution in [0.4, 0.5) is 19.0 Å². The van der Waals surface area contributed by atoms with Gasteiger partial charge in [0, 0.05) is 6.54 Å². The minimum Gasteiger partial charge on any atom is -0.507 e. The first-order valence-electron chi connectivity index (χ1n) is 11.7. The van der Waals surface area contributed by atoms with Gasteiger partial charge in [-0.15, -0.1) is 0 Å². The van der Waals surface area contributed by atoms with Gasteiger partial charge in [0.1, 0.15) is 30.0 Å². The van der Waals surface area contributed by atoms with Crippen LogP contribution in [-0.4, -0.2) is 40.4 Å². The molecule has 0 spiro atoms. The quantitative estimate of drug-likeness (QED) is 0.367. The highest BCUT2D eigenvalue weighted by atomic mass is 19.4. The molecule has 8 nitrogen and oxygen atoms in total. The molecule has 2 aromatic carbocycles. The molecule has 1 saturated heterocycles. The number of piperidine rings is 1. The number of hydrogen-bond donors (Lipinski definition) is 4. The molecule has 0 saturated carbocycles. The van der Waals surface area contributed by atoms with Crippen molar-refractivity contribution in [2.24, 2.45) is 0 Å². The molecule has 1 atom stereocenters. The number of nitriles is 1. The van der Waals surface area contributed by atoms with Gasteiger partial charge in [0.15, 0.2) is 0 Å². The van der Waals surface area contributed by atoms with Crippen molar-refractivity contribution in [1.82, 2.24) is 10.3 Å². The fourth-order valence-electron chi connectivity index (χ4n) is 4.10. The zero-order valence-corrected chi connectivity index (χ0v) is 20.5. The van der Waals surface area contributed by atoms with Gasteiger partial charge in [-0.2, -0.15) is 18.4 Å². The molecule has 1 fully saturated rings. The van der Waals surface area contributed by atoms with E-state index in [9.17, 15) is 23.5 Å². The molecule has 0 radical (unpaired) electrons. The van der Waals surface area contributed by atoms with Crippen molar-refractivity contribution in [1.29, 1.82) is 5.26 Å². The fraction of sp³-hybridized carbons (Fsp3) is 0.296. The van der Waals surface area contributed by atoms with E-state index in [1.54, 1.807) is 12.1 Å². The highest BCUT2D eigenvalue weighted by Gasteiger charge is 2.38. The standard InChI is InChI=1S/C25H26N4O2.C2HF3O2/c1-16-6-2-3-7-18(16)15-31-23-10-4-9-22(30)24(23)21-12-19(17-8-5-11-28-14-17)20(13-26)25(27)29-21;3-2(4,5)1(6)7/h2-4,6-7,9-10,12,17,28,30H,5,8,11,14-15H2,1H3,(H2,27,29);(H,6,7). The van der Waals surface area contributed by atoms with Crippen LogP contribution in [0.3, 0.4) is 0 Å². The number of nitrogens with zero attached hydrogens (tertiary/aromatic N) is 2. The number of carboxylic acid groups (broad SMARTS) is 1. The van der Waals surface area contributed by atoms with Gasteiger partial charge in [-0.25, -0.2) is 9.78 Å². The Morgan fingerprint density at radius 1 is 1.26 bits per heavy atom. The number of nitrogen functional groups attached to an aromatic ring is 1. The van der Waals surface area contributed by atoms with Crippen LogP contribution in [0.25, 0.3) is 11.3 Å². The number of phenols is 1. The van der Waals surface area contributed by atoms with E-state index in [-0.39, 0.29) is 17.5 Å². The molecule has 1 aromatic heterocycles. The first-order chi connectivity index (χ1) is 18.0. The summed E-state index contributed by atoms with van der Waals surface area (Å²) in [7, 11) is 0. The summed E-state index contributed by atoms with van der Waals surface area (Å²) in [6.45, 7) is 4.17. The number of rotatable bonds is 5. The first kappa shape index (κ1) is 28.3.